The number of para-hydroxylation sites is 2. The molecular weight excluding hydrogens is 230 g/mol. The summed E-state index contributed by atoms with van der Waals surface area (Å²) in [6.45, 7) is 5.08. The molecule has 1 unspecified atom stereocenters. The lowest BCUT2D eigenvalue weighted by molar-refractivity contribution is -0.134. The molecule has 0 fully saturated rings. The fourth-order valence-corrected chi connectivity index (χ4v) is 2.11. The monoisotopic (exact) mass is 249 g/mol. The van der Waals surface area contributed by atoms with Gasteiger partial charge in [0.15, 0.2) is 5.60 Å². The smallest absolute Gasteiger partial charge is 0.268 e. The van der Waals surface area contributed by atoms with Gasteiger partial charge in [-0.3, -0.25) is 4.79 Å². The van der Waals surface area contributed by atoms with Crippen molar-refractivity contribution in [1.29, 1.82) is 0 Å². The average Bonchev–Trinajstić information content (AvgIpc) is 2.39. The molecule has 0 radical (unpaired) electrons. The molecule has 1 aliphatic heterocycles. The average molecular weight is 249 g/mol. The van der Waals surface area contributed by atoms with Gasteiger partial charge in [0.2, 0.25) is 0 Å². The van der Waals surface area contributed by atoms with Gasteiger partial charge in [-0.1, -0.05) is 19.1 Å². The molecule has 18 heavy (non-hydrogen) atoms. The van der Waals surface area contributed by atoms with Crippen LogP contribution in [0.3, 0.4) is 0 Å². The van der Waals surface area contributed by atoms with E-state index in [1.807, 2.05) is 38.1 Å². The number of carbonyl (C=O) groups is 1. The molecule has 1 aromatic carbocycles. The Bertz CT molecular complexity index is 433. The number of amides is 1. The minimum Gasteiger partial charge on any atom is -0.475 e. The van der Waals surface area contributed by atoms with Crippen molar-refractivity contribution in [2.45, 2.75) is 32.3 Å². The van der Waals surface area contributed by atoms with Gasteiger partial charge in [0.05, 0.1) is 12.3 Å². The van der Waals surface area contributed by atoms with Gasteiger partial charge in [-0.05, 0) is 25.5 Å². The Hall–Kier alpha value is -1.55. The summed E-state index contributed by atoms with van der Waals surface area (Å²) in [5.41, 5.74) is -0.0632. The van der Waals surface area contributed by atoms with Crippen molar-refractivity contribution in [2.24, 2.45) is 0 Å². The van der Waals surface area contributed by atoms with E-state index in [9.17, 15) is 4.79 Å². The van der Waals surface area contributed by atoms with Gasteiger partial charge in [-0.2, -0.15) is 0 Å². The van der Waals surface area contributed by atoms with E-state index in [1.165, 1.54) is 0 Å². The largest absolute Gasteiger partial charge is 0.475 e. The molecule has 0 saturated heterocycles. The van der Waals surface area contributed by atoms with Crippen LogP contribution in [0, 0.1) is 0 Å². The van der Waals surface area contributed by atoms with E-state index in [-0.39, 0.29) is 5.91 Å². The minimum atomic E-state index is -0.802. The van der Waals surface area contributed by atoms with E-state index in [1.54, 1.807) is 0 Å². The third kappa shape index (κ3) is 2.34. The molecule has 1 aromatic rings. The number of hydrogen-bond donors (Lipinski definition) is 1. The zero-order valence-electron chi connectivity index (χ0n) is 10.9. The summed E-state index contributed by atoms with van der Waals surface area (Å²) in [4.78, 5) is 12.2. The van der Waals surface area contributed by atoms with E-state index in [4.69, 9.17) is 9.47 Å². The summed E-state index contributed by atoms with van der Waals surface area (Å²) in [6, 6.07) is 7.50. The standard InChI is InChI=1S/C14H19NO3/c1-3-14(9-10-17-4-2)13(16)15-11-7-5-6-8-12(11)18-14/h5-8H,3-4,9-10H2,1-2H3,(H,15,16). The van der Waals surface area contributed by atoms with Crippen LogP contribution in [0.5, 0.6) is 5.75 Å². The van der Waals surface area contributed by atoms with Gasteiger partial charge in [-0.25, -0.2) is 0 Å². The molecular formula is C14H19NO3. The Morgan fingerprint density at radius 2 is 2.11 bits per heavy atom. The van der Waals surface area contributed by atoms with E-state index >= 15 is 0 Å². The zero-order chi connectivity index (χ0) is 13.0. The predicted molar refractivity (Wildman–Crippen MR) is 69.8 cm³/mol. The Morgan fingerprint density at radius 3 is 2.83 bits per heavy atom. The highest BCUT2D eigenvalue weighted by molar-refractivity contribution is 6.00. The fraction of sp³-hybridized carbons (Fsp3) is 0.500. The molecule has 4 nitrogen and oxygen atoms in total. The first kappa shape index (κ1) is 12.9. The van der Waals surface area contributed by atoms with Crippen LogP contribution in [-0.4, -0.2) is 24.7 Å². The van der Waals surface area contributed by atoms with Crippen LogP contribution < -0.4 is 10.1 Å². The van der Waals surface area contributed by atoms with Crippen molar-refractivity contribution >= 4 is 11.6 Å². The molecule has 1 heterocycles. The Labute approximate surface area is 107 Å². The number of anilines is 1. The van der Waals surface area contributed by atoms with Crippen molar-refractivity contribution < 1.29 is 14.3 Å². The van der Waals surface area contributed by atoms with Crippen LogP contribution in [0.15, 0.2) is 24.3 Å². The SMILES string of the molecule is CCOCCC1(CC)Oc2ccccc2NC1=O. The number of benzene rings is 1. The lowest BCUT2D eigenvalue weighted by Crippen LogP contribution is -2.51. The molecule has 0 spiro atoms. The highest BCUT2D eigenvalue weighted by atomic mass is 16.5. The maximum Gasteiger partial charge on any atom is 0.268 e. The third-order valence-corrected chi connectivity index (χ3v) is 3.28. The quantitative estimate of drug-likeness (QED) is 0.816. The zero-order valence-corrected chi connectivity index (χ0v) is 10.9. The first-order valence-electron chi connectivity index (χ1n) is 6.39. The summed E-state index contributed by atoms with van der Waals surface area (Å²) >= 11 is 0. The van der Waals surface area contributed by atoms with E-state index in [0.717, 1.165) is 11.4 Å². The van der Waals surface area contributed by atoms with Crippen LogP contribution in [0.25, 0.3) is 0 Å². The number of carbonyl (C=O) groups excluding carboxylic acids is 1. The van der Waals surface area contributed by atoms with Crippen LogP contribution >= 0.6 is 0 Å². The van der Waals surface area contributed by atoms with Crippen molar-refractivity contribution in [1.82, 2.24) is 0 Å². The number of ether oxygens (including phenoxy) is 2. The number of nitrogens with one attached hydrogen (secondary N) is 1. The molecule has 1 amide bonds. The van der Waals surface area contributed by atoms with Crippen LogP contribution in [0.1, 0.15) is 26.7 Å². The number of hydrogen-bond acceptors (Lipinski definition) is 3. The van der Waals surface area contributed by atoms with Crippen molar-refractivity contribution in [2.75, 3.05) is 18.5 Å². The Balaban J connectivity index is 2.19. The van der Waals surface area contributed by atoms with Crippen molar-refractivity contribution in [3.05, 3.63) is 24.3 Å². The van der Waals surface area contributed by atoms with Gasteiger partial charge in [0.25, 0.3) is 5.91 Å². The summed E-state index contributed by atoms with van der Waals surface area (Å²) in [5.74, 6) is 0.652. The van der Waals surface area contributed by atoms with Gasteiger partial charge < -0.3 is 14.8 Å². The topological polar surface area (TPSA) is 47.6 Å². The first-order chi connectivity index (χ1) is 8.72. The van der Waals surface area contributed by atoms with Gasteiger partial charge in [0, 0.05) is 13.0 Å². The maximum atomic E-state index is 12.2. The predicted octanol–water partition coefficient (Wildman–Crippen LogP) is 2.59. The van der Waals surface area contributed by atoms with Crippen LogP contribution in [0.4, 0.5) is 5.69 Å². The Kier molecular flexibility index (Phi) is 3.87. The Morgan fingerprint density at radius 1 is 1.33 bits per heavy atom. The molecule has 2 rings (SSSR count). The van der Waals surface area contributed by atoms with E-state index in [2.05, 4.69) is 5.32 Å². The second-order valence-corrected chi connectivity index (χ2v) is 4.35. The van der Waals surface area contributed by atoms with E-state index < -0.39 is 5.60 Å². The molecule has 1 atom stereocenters. The lowest BCUT2D eigenvalue weighted by Gasteiger charge is -2.36. The summed E-state index contributed by atoms with van der Waals surface area (Å²) in [5, 5.41) is 2.91. The fourth-order valence-electron chi connectivity index (χ4n) is 2.11. The molecule has 0 aromatic heterocycles. The number of rotatable bonds is 5. The second-order valence-electron chi connectivity index (χ2n) is 4.35. The molecule has 0 bridgehead atoms. The molecule has 1 N–H and O–H groups in total. The van der Waals surface area contributed by atoms with Crippen LogP contribution in [0.2, 0.25) is 0 Å². The molecule has 0 saturated carbocycles. The minimum absolute atomic E-state index is 0.0802. The maximum absolute atomic E-state index is 12.2. The van der Waals surface area contributed by atoms with Crippen LogP contribution in [-0.2, 0) is 9.53 Å². The molecule has 1 aliphatic rings. The third-order valence-electron chi connectivity index (χ3n) is 3.28. The second kappa shape index (κ2) is 5.40. The first-order valence-corrected chi connectivity index (χ1v) is 6.39. The van der Waals surface area contributed by atoms with Crippen molar-refractivity contribution in [3.8, 4) is 5.75 Å². The molecule has 4 heteroatoms. The highest BCUT2D eigenvalue weighted by Crippen LogP contribution is 2.36. The van der Waals surface area contributed by atoms with Gasteiger partial charge in [-0.15, -0.1) is 0 Å². The summed E-state index contributed by atoms with van der Waals surface area (Å²) in [6.07, 6.45) is 1.19. The summed E-state index contributed by atoms with van der Waals surface area (Å²) in [7, 11) is 0. The lowest BCUT2D eigenvalue weighted by atomic mass is 9.93. The molecule has 0 aliphatic carbocycles. The molecule has 98 valence electrons. The number of fused-ring (bicyclic) bond motifs is 1. The highest BCUT2D eigenvalue weighted by Gasteiger charge is 2.42. The van der Waals surface area contributed by atoms with Gasteiger partial charge in [0.1, 0.15) is 5.75 Å². The van der Waals surface area contributed by atoms with Crippen molar-refractivity contribution in [3.63, 3.8) is 0 Å². The van der Waals surface area contributed by atoms with E-state index in [0.29, 0.717) is 26.1 Å². The summed E-state index contributed by atoms with van der Waals surface area (Å²) < 4.78 is 11.3. The van der Waals surface area contributed by atoms with Gasteiger partial charge >= 0.3 is 0 Å². The normalized spacial score (nSPS) is 22.0.